The zero-order valence-electron chi connectivity index (χ0n) is 9.64. The lowest BCUT2D eigenvalue weighted by molar-refractivity contribution is -0.330. The fourth-order valence-electron chi connectivity index (χ4n) is 1.39. The first-order valence-electron chi connectivity index (χ1n) is 5.10. The molecule has 18 heavy (non-hydrogen) atoms. The Balaban J connectivity index is 4.64. The summed E-state index contributed by atoms with van der Waals surface area (Å²) in [6.07, 6.45) is -4.99. The van der Waals surface area contributed by atoms with Gasteiger partial charge in [-0.15, -0.1) is 26.3 Å². The second-order valence-corrected chi connectivity index (χ2v) is 3.77. The number of aliphatic hydroxyl groups is 1. The molecular weight excluding hydrogens is 259 g/mol. The molecule has 0 fully saturated rings. The van der Waals surface area contributed by atoms with Gasteiger partial charge in [0.25, 0.3) is 5.92 Å². The van der Waals surface area contributed by atoms with Gasteiger partial charge >= 0.3 is 6.36 Å². The van der Waals surface area contributed by atoms with E-state index in [-0.39, 0.29) is 0 Å². The minimum atomic E-state index is -4.97. The van der Waals surface area contributed by atoms with E-state index in [1.807, 2.05) is 0 Å². The fraction of sp³-hybridized carbons (Fsp3) is 0.636. The van der Waals surface area contributed by atoms with E-state index in [4.69, 9.17) is 0 Å². The van der Waals surface area contributed by atoms with Gasteiger partial charge in [0, 0.05) is 19.3 Å². The molecule has 0 radical (unpaired) electrons. The average Bonchev–Trinajstić information content (AvgIpc) is 2.15. The molecule has 0 amide bonds. The van der Waals surface area contributed by atoms with Crippen LogP contribution in [0.2, 0.25) is 0 Å². The molecule has 0 atom stereocenters. The summed E-state index contributed by atoms with van der Waals surface area (Å²) >= 11 is 0. The summed E-state index contributed by atoms with van der Waals surface area (Å²) < 4.78 is 65.5. The van der Waals surface area contributed by atoms with Crippen LogP contribution < -0.4 is 0 Å². The van der Waals surface area contributed by atoms with Gasteiger partial charge < -0.3 is 5.11 Å². The lowest BCUT2D eigenvalue weighted by Crippen LogP contribution is -2.48. The Hall–Kier alpha value is -0.950. The molecule has 0 spiro atoms. The number of rotatable bonds is 8. The van der Waals surface area contributed by atoms with Crippen molar-refractivity contribution in [1.29, 1.82) is 0 Å². The highest BCUT2D eigenvalue weighted by Crippen LogP contribution is 2.38. The first-order chi connectivity index (χ1) is 8.08. The van der Waals surface area contributed by atoms with E-state index in [9.17, 15) is 27.1 Å². The molecule has 0 aromatic rings. The number of halogens is 5. The van der Waals surface area contributed by atoms with Crippen molar-refractivity contribution in [3.8, 4) is 0 Å². The summed E-state index contributed by atoms with van der Waals surface area (Å²) in [5, 5.41) is 9.74. The van der Waals surface area contributed by atoms with Crippen LogP contribution in [0.4, 0.5) is 22.0 Å². The van der Waals surface area contributed by atoms with Gasteiger partial charge in [-0.05, 0) is 0 Å². The summed E-state index contributed by atoms with van der Waals surface area (Å²) in [7, 11) is 0. The molecule has 0 aromatic heterocycles. The van der Waals surface area contributed by atoms with Crippen LogP contribution in [-0.4, -0.2) is 29.6 Å². The monoisotopic (exact) mass is 274 g/mol. The summed E-state index contributed by atoms with van der Waals surface area (Å²) in [6, 6.07) is 0. The van der Waals surface area contributed by atoms with Crippen LogP contribution in [0.3, 0.4) is 0 Å². The Morgan fingerprint density at radius 3 is 1.78 bits per heavy atom. The van der Waals surface area contributed by atoms with Gasteiger partial charge in [0.05, 0.1) is 6.61 Å². The zero-order valence-corrected chi connectivity index (χ0v) is 9.64. The third-order valence-corrected chi connectivity index (χ3v) is 2.33. The van der Waals surface area contributed by atoms with Crippen molar-refractivity contribution < 1.29 is 31.8 Å². The van der Waals surface area contributed by atoms with E-state index in [1.54, 1.807) is 0 Å². The third kappa shape index (κ3) is 5.14. The van der Waals surface area contributed by atoms with Crippen LogP contribution in [-0.2, 0) is 4.74 Å². The smallest absolute Gasteiger partial charge is 0.383 e. The summed E-state index contributed by atoms with van der Waals surface area (Å²) in [5.41, 5.74) is -2.49. The van der Waals surface area contributed by atoms with Gasteiger partial charge in [-0.25, -0.2) is 8.78 Å². The second-order valence-electron chi connectivity index (χ2n) is 3.77. The quantitative estimate of drug-likeness (QED) is 0.542. The van der Waals surface area contributed by atoms with Crippen molar-refractivity contribution in [2.24, 2.45) is 0 Å². The van der Waals surface area contributed by atoms with Gasteiger partial charge in [-0.3, -0.25) is 4.74 Å². The molecule has 0 aliphatic heterocycles. The van der Waals surface area contributed by atoms with Gasteiger partial charge in [0.1, 0.15) is 5.60 Å². The van der Waals surface area contributed by atoms with Crippen LogP contribution in [0.1, 0.15) is 19.3 Å². The number of alkyl halides is 5. The summed E-state index contributed by atoms with van der Waals surface area (Å²) in [6.45, 7) is 5.22. The van der Waals surface area contributed by atoms with E-state index in [0.29, 0.717) is 0 Å². The molecule has 0 bridgehead atoms. The van der Waals surface area contributed by atoms with Crippen LogP contribution in [0.5, 0.6) is 0 Å². The van der Waals surface area contributed by atoms with Gasteiger partial charge in [0.2, 0.25) is 0 Å². The average molecular weight is 274 g/mol. The molecule has 0 rings (SSSR count). The predicted molar refractivity (Wildman–Crippen MR) is 56.1 cm³/mol. The van der Waals surface area contributed by atoms with Crippen LogP contribution in [0, 0.1) is 0 Å². The first-order valence-corrected chi connectivity index (χ1v) is 5.10. The third-order valence-electron chi connectivity index (χ3n) is 2.33. The van der Waals surface area contributed by atoms with Crippen molar-refractivity contribution in [2.75, 3.05) is 6.61 Å². The molecule has 0 saturated carbocycles. The molecule has 0 aliphatic carbocycles. The van der Waals surface area contributed by atoms with E-state index in [0.717, 1.165) is 12.2 Å². The van der Waals surface area contributed by atoms with Crippen molar-refractivity contribution in [2.45, 2.75) is 37.1 Å². The Labute approximate surface area is 102 Å². The maximum absolute atomic E-state index is 13.6. The summed E-state index contributed by atoms with van der Waals surface area (Å²) in [5.74, 6) is -3.74. The fourth-order valence-corrected chi connectivity index (χ4v) is 1.39. The van der Waals surface area contributed by atoms with Crippen LogP contribution in [0.25, 0.3) is 0 Å². The Kier molecular flexibility index (Phi) is 5.95. The molecule has 0 heterocycles. The Morgan fingerprint density at radius 1 is 1.00 bits per heavy atom. The molecule has 2 nitrogen and oxygen atoms in total. The first kappa shape index (κ1) is 17.1. The molecule has 7 heteroatoms. The van der Waals surface area contributed by atoms with Crippen molar-refractivity contribution in [3.63, 3.8) is 0 Å². The van der Waals surface area contributed by atoms with E-state index in [2.05, 4.69) is 17.9 Å². The van der Waals surface area contributed by atoms with E-state index >= 15 is 0 Å². The maximum Gasteiger partial charge on any atom is 0.522 e. The van der Waals surface area contributed by atoms with Crippen molar-refractivity contribution in [3.05, 3.63) is 25.3 Å². The molecule has 0 unspecified atom stereocenters. The number of hydrogen-bond donors (Lipinski definition) is 1. The van der Waals surface area contributed by atoms with Crippen LogP contribution in [0.15, 0.2) is 25.3 Å². The highest BCUT2D eigenvalue weighted by Gasteiger charge is 2.50. The second kappa shape index (κ2) is 6.29. The van der Waals surface area contributed by atoms with E-state index in [1.165, 1.54) is 0 Å². The summed E-state index contributed by atoms with van der Waals surface area (Å²) in [4.78, 5) is 0. The maximum atomic E-state index is 13.6. The normalized spacial score (nSPS) is 13.4. The van der Waals surface area contributed by atoms with Gasteiger partial charge in [-0.1, -0.05) is 12.2 Å². The molecule has 0 aromatic carbocycles. The zero-order chi connectivity index (χ0) is 14.4. The Bertz CT molecular complexity index is 276. The molecule has 106 valence electrons. The lowest BCUT2D eigenvalue weighted by Gasteiger charge is -2.34. The minimum absolute atomic E-state index is 0.460. The van der Waals surface area contributed by atoms with Crippen LogP contribution >= 0.6 is 0 Å². The lowest BCUT2D eigenvalue weighted by atomic mass is 9.86. The Morgan fingerprint density at radius 2 is 1.44 bits per heavy atom. The largest absolute Gasteiger partial charge is 0.522 e. The SMILES string of the molecule is C=CCC(O)(CC=C)C(F)(F)CCOC(F)(F)F. The highest BCUT2D eigenvalue weighted by molar-refractivity contribution is 5.01. The molecule has 0 saturated heterocycles. The van der Waals surface area contributed by atoms with Crippen molar-refractivity contribution in [1.82, 2.24) is 0 Å². The predicted octanol–water partition coefficient (Wildman–Crippen LogP) is 3.43. The molecular formula is C11H15F5O2. The standard InChI is InChI=1S/C11H15F5O2/c1-3-5-9(17,6-4-2)10(12,13)7-8-18-11(14,15)16/h3-4,17H,1-2,5-8H2. The topological polar surface area (TPSA) is 29.5 Å². The highest BCUT2D eigenvalue weighted by atomic mass is 19.4. The molecule has 0 aliphatic rings. The van der Waals surface area contributed by atoms with E-state index < -0.39 is 43.8 Å². The van der Waals surface area contributed by atoms with Gasteiger partial charge in [0.15, 0.2) is 0 Å². The van der Waals surface area contributed by atoms with Gasteiger partial charge in [-0.2, -0.15) is 0 Å². The molecule has 1 N–H and O–H groups in total. The van der Waals surface area contributed by atoms with Crippen molar-refractivity contribution >= 4 is 0 Å². The number of hydrogen-bond acceptors (Lipinski definition) is 2. The minimum Gasteiger partial charge on any atom is -0.383 e. The number of ether oxygens (including phenoxy) is 1.